The predicted molar refractivity (Wildman–Crippen MR) is 74.4 cm³/mol. The Kier molecular flexibility index (Phi) is 2.55. The second kappa shape index (κ2) is 3.74. The number of anilines is 1. The van der Waals surface area contributed by atoms with Gasteiger partial charge in [0.05, 0.1) is 5.69 Å². The van der Waals surface area contributed by atoms with Crippen molar-refractivity contribution in [3.8, 4) is 0 Å². The molecule has 1 aromatic rings. The van der Waals surface area contributed by atoms with Crippen molar-refractivity contribution >= 4 is 40.7 Å². The second-order valence-corrected chi connectivity index (χ2v) is 6.92. The van der Waals surface area contributed by atoms with E-state index in [0.717, 1.165) is 0 Å². The van der Waals surface area contributed by atoms with Crippen LogP contribution in [0.4, 0.5) is 5.69 Å². The summed E-state index contributed by atoms with van der Waals surface area (Å²) in [5.41, 5.74) is -0.404. The van der Waals surface area contributed by atoms with Gasteiger partial charge in [0, 0.05) is 20.9 Å². The fourth-order valence-corrected chi connectivity index (χ4v) is 4.02. The van der Waals surface area contributed by atoms with E-state index in [1.54, 1.807) is 18.2 Å². The van der Waals surface area contributed by atoms with Gasteiger partial charge in [-0.3, -0.25) is 9.59 Å². The number of imide groups is 1. The van der Waals surface area contributed by atoms with Crippen LogP contribution in [0.2, 0.25) is 10.0 Å². The average Bonchev–Trinajstić information content (AvgIpc) is 2.23. The monoisotopic (exact) mass is 297 g/mol. The van der Waals surface area contributed by atoms with E-state index in [4.69, 9.17) is 23.2 Å². The highest BCUT2D eigenvalue weighted by Gasteiger charge is 2.65. The number of piperidine rings is 2. The Morgan fingerprint density at radius 1 is 0.947 bits per heavy atom. The molecule has 0 N–H and O–H groups in total. The summed E-state index contributed by atoms with van der Waals surface area (Å²) in [6.45, 7) is 3.81. The molecule has 2 amide bonds. The van der Waals surface area contributed by atoms with Crippen LogP contribution in [-0.4, -0.2) is 11.8 Å². The van der Waals surface area contributed by atoms with E-state index in [2.05, 4.69) is 0 Å². The SMILES string of the molecule is CC12CC(C)(C1)C(=O)N(c1cc(Cl)cc(Cl)c1)C2=O. The molecule has 5 heteroatoms. The lowest BCUT2D eigenvalue weighted by molar-refractivity contribution is -0.163. The lowest BCUT2D eigenvalue weighted by atomic mass is 9.50. The number of hydrogen-bond acceptors (Lipinski definition) is 2. The summed E-state index contributed by atoms with van der Waals surface area (Å²) < 4.78 is 0. The van der Waals surface area contributed by atoms with Gasteiger partial charge in [-0.25, -0.2) is 4.90 Å². The van der Waals surface area contributed by atoms with Gasteiger partial charge in [-0.2, -0.15) is 0 Å². The Morgan fingerprint density at radius 2 is 1.37 bits per heavy atom. The van der Waals surface area contributed by atoms with Crippen molar-refractivity contribution in [2.24, 2.45) is 10.8 Å². The van der Waals surface area contributed by atoms with Crippen molar-refractivity contribution in [2.75, 3.05) is 4.90 Å². The van der Waals surface area contributed by atoms with Crippen LogP contribution in [0.3, 0.4) is 0 Å². The summed E-state index contributed by atoms with van der Waals surface area (Å²) in [5.74, 6) is -0.306. The second-order valence-electron chi connectivity index (χ2n) is 6.05. The summed E-state index contributed by atoms with van der Waals surface area (Å²) in [6, 6.07) is 4.77. The highest BCUT2D eigenvalue weighted by Crippen LogP contribution is 2.60. The molecule has 1 saturated carbocycles. The van der Waals surface area contributed by atoms with Crippen LogP contribution in [0.15, 0.2) is 18.2 Å². The normalized spacial score (nSPS) is 33.4. The lowest BCUT2D eigenvalue weighted by Gasteiger charge is -2.58. The minimum absolute atomic E-state index is 0.153. The predicted octanol–water partition coefficient (Wildman–Crippen LogP) is 3.67. The van der Waals surface area contributed by atoms with Gasteiger partial charge in [-0.15, -0.1) is 0 Å². The molecule has 1 aliphatic carbocycles. The van der Waals surface area contributed by atoms with E-state index in [9.17, 15) is 9.59 Å². The number of amides is 2. The molecule has 0 unspecified atom stereocenters. The van der Waals surface area contributed by atoms with Gasteiger partial charge in [0.2, 0.25) is 11.8 Å². The van der Waals surface area contributed by atoms with Crippen molar-refractivity contribution in [3.63, 3.8) is 0 Å². The van der Waals surface area contributed by atoms with Crippen molar-refractivity contribution in [1.29, 1.82) is 0 Å². The van der Waals surface area contributed by atoms with Crippen molar-refractivity contribution in [3.05, 3.63) is 28.2 Å². The molecule has 3 fully saturated rings. The molecule has 0 spiro atoms. The molecule has 2 aliphatic heterocycles. The number of fused-ring (bicyclic) bond motifs is 2. The van der Waals surface area contributed by atoms with Crippen LogP contribution in [0.5, 0.6) is 0 Å². The molecular weight excluding hydrogens is 285 g/mol. The van der Waals surface area contributed by atoms with Crippen molar-refractivity contribution in [2.45, 2.75) is 26.7 Å². The largest absolute Gasteiger partial charge is 0.273 e. The first-order chi connectivity index (χ1) is 8.75. The molecular formula is C14H13Cl2NO2. The number of halogens is 2. The Hall–Kier alpha value is -1.06. The highest BCUT2D eigenvalue weighted by molar-refractivity contribution is 6.35. The Labute approximate surface area is 121 Å². The Balaban J connectivity index is 2.09. The van der Waals surface area contributed by atoms with Gasteiger partial charge in [0.25, 0.3) is 0 Å². The van der Waals surface area contributed by atoms with Gasteiger partial charge < -0.3 is 0 Å². The molecule has 2 heterocycles. The van der Waals surface area contributed by atoms with E-state index in [1.807, 2.05) is 13.8 Å². The van der Waals surface area contributed by atoms with Crippen LogP contribution < -0.4 is 4.90 Å². The number of nitrogens with zero attached hydrogens (tertiary/aromatic N) is 1. The zero-order chi connectivity index (χ0) is 14.0. The Morgan fingerprint density at radius 3 is 1.79 bits per heavy atom. The van der Waals surface area contributed by atoms with Gasteiger partial charge >= 0.3 is 0 Å². The fraction of sp³-hybridized carbons (Fsp3) is 0.429. The maximum Gasteiger partial charge on any atom is 0.239 e. The van der Waals surface area contributed by atoms with Crippen LogP contribution in [0, 0.1) is 10.8 Å². The van der Waals surface area contributed by atoms with Gasteiger partial charge in [-0.1, -0.05) is 37.0 Å². The van der Waals surface area contributed by atoms with E-state index in [0.29, 0.717) is 28.6 Å². The summed E-state index contributed by atoms with van der Waals surface area (Å²) in [5, 5.41) is 0.829. The van der Waals surface area contributed by atoms with E-state index >= 15 is 0 Å². The van der Waals surface area contributed by atoms with Crippen LogP contribution in [0.1, 0.15) is 26.7 Å². The van der Waals surface area contributed by atoms with E-state index < -0.39 is 10.8 Å². The number of benzene rings is 1. The van der Waals surface area contributed by atoms with Crippen LogP contribution >= 0.6 is 23.2 Å². The Bertz CT molecular complexity index is 559. The first-order valence-electron chi connectivity index (χ1n) is 6.10. The first kappa shape index (κ1) is 12.9. The molecule has 3 aliphatic rings. The number of carbonyl (C=O) groups excluding carboxylic acids is 2. The van der Waals surface area contributed by atoms with Crippen molar-refractivity contribution in [1.82, 2.24) is 0 Å². The molecule has 2 bridgehead atoms. The zero-order valence-electron chi connectivity index (χ0n) is 10.7. The quantitative estimate of drug-likeness (QED) is 0.742. The van der Waals surface area contributed by atoms with Crippen LogP contribution in [0.25, 0.3) is 0 Å². The molecule has 2 saturated heterocycles. The molecule has 0 radical (unpaired) electrons. The summed E-state index contributed by atoms with van der Waals surface area (Å²) >= 11 is 11.9. The minimum Gasteiger partial charge on any atom is -0.273 e. The number of rotatable bonds is 1. The summed E-state index contributed by atoms with van der Waals surface area (Å²) in [7, 11) is 0. The van der Waals surface area contributed by atoms with Crippen molar-refractivity contribution < 1.29 is 9.59 Å². The number of hydrogen-bond donors (Lipinski definition) is 0. The molecule has 1 aromatic carbocycles. The van der Waals surface area contributed by atoms with Crippen LogP contribution in [-0.2, 0) is 9.59 Å². The fourth-order valence-electron chi connectivity index (χ4n) is 3.51. The van der Waals surface area contributed by atoms with Gasteiger partial charge in [-0.05, 0) is 31.0 Å². The molecule has 4 rings (SSSR count). The molecule has 0 aromatic heterocycles. The zero-order valence-corrected chi connectivity index (χ0v) is 12.2. The lowest BCUT2D eigenvalue weighted by Crippen LogP contribution is -2.67. The third-order valence-corrected chi connectivity index (χ3v) is 4.54. The third kappa shape index (κ3) is 1.72. The molecule has 0 atom stereocenters. The standard InChI is InChI=1S/C14H13Cl2NO2/c1-13-6-14(2,7-13)12(19)17(11(13)18)10-4-8(15)3-9(16)5-10/h3-5H,6-7H2,1-2H3. The maximum absolute atomic E-state index is 12.5. The highest BCUT2D eigenvalue weighted by atomic mass is 35.5. The third-order valence-electron chi connectivity index (χ3n) is 4.10. The topological polar surface area (TPSA) is 37.4 Å². The smallest absolute Gasteiger partial charge is 0.239 e. The number of carbonyl (C=O) groups is 2. The van der Waals surface area contributed by atoms with Gasteiger partial charge in [0.1, 0.15) is 0 Å². The molecule has 19 heavy (non-hydrogen) atoms. The minimum atomic E-state index is -0.433. The average molecular weight is 298 g/mol. The first-order valence-corrected chi connectivity index (χ1v) is 6.86. The van der Waals surface area contributed by atoms with E-state index in [-0.39, 0.29) is 11.8 Å². The van der Waals surface area contributed by atoms with E-state index in [1.165, 1.54) is 4.90 Å². The van der Waals surface area contributed by atoms with Gasteiger partial charge in [0.15, 0.2) is 0 Å². The molecule has 3 nitrogen and oxygen atoms in total. The summed E-state index contributed by atoms with van der Waals surface area (Å²) in [4.78, 5) is 26.2. The summed E-state index contributed by atoms with van der Waals surface area (Å²) in [6.07, 6.45) is 1.25. The maximum atomic E-state index is 12.5. The molecule has 100 valence electrons.